The highest BCUT2D eigenvalue weighted by molar-refractivity contribution is 5.97. The van der Waals surface area contributed by atoms with Gasteiger partial charge in [0.15, 0.2) is 12.4 Å². The molecule has 0 spiro atoms. The number of carbonyl (C=O) groups is 3. The van der Waals surface area contributed by atoms with Crippen LogP contribution in [0.2, 0.25) is 0 Å². The van der Waals surface area contributed by atoms with Gasteiger partial charge in [0.2, 0.25) is 0 Å². The summed E-state index contributed by atoms with van der Waals surface area (Å²) in [5.74, 6) is -0.646. The van der Waals surface area contributed by atoms with Gasteiger partial charge >= 0.3 is 11.9 Å². The molecule has 0 aliphatic heterocycles. The largest absolute Gasteiger partial charge is 0.460 e. The smallest absolute Gasteiger partial charge is 0.344 e. The van der Waals surface area contributed by atoms with Gasteiger partial charge in [0, 0.05) is 12.0 Å². The van der Waals surface area contributed by atoms with Crippen molar-refractivity contribution in [3.63, 3.8) is 0 Å². The van der Waals surface area contributed by atoms with Crippen LogP contribution in [0.15, 0.2) is 24.3 Å². The summed E-state index contributed by atoms with van der Waals surface area (Å²) in [6.07, 6.45) is 2.65. The van der Waals surface area contributed by atoms with Crippen molar-refractivity contribution in [1.29, 1.82) is 0 Å². The Kier molecular flexibility index (Phi) is 8.15. The number of hydrogen-bond donors (Lipinski definition) is 0. The molecule has 6 heteroatoms. The van der Waals surface area contributed by atoms with Gasteiger partial charge < -0.3 is 9.47 Å². The van der Waals surface area contributed by atoms with Gasteiger partial charge in [0.05, 0.1) is 6.42 Å². The maximum atomic E-state index is 12.9. The highest BCUT2D eigenvalue weighted by atomic mass is 19.1. The van der Waals surface area contributed by atoms with Crippen LogP contribution in [0.25, 0.3) is 0 Å². The molecule has 0 radical (unpaired) electrons. The van der Waals surface area contributed by atoms with Gasteiger partial charge in [-0.15, -0.1) is 0 Å². The maximum absolute atomic E-state index is 12.9. The first-order chi connectivity index (χ1) is 13.3. The fourth-order valence-electron chi connectivity index (χ4n) is 3.66. The van der Waals surface area contributed by atoms with Crippen molar-refractivity contribution in [2.75, 3.05) is 6.61 Å². The molecule has 1 aliphatic rings. The number of Topliss-reactive ketones (excluding diaryl/α,β-unsaturated/α-hetero) is 1. The molecule has 1 fully saturated rings. The fourth-order valence-corrected chi connectivity index (χ4v) is 3.66. The molecule has 2 rings (SSSR count). The van der Waals surface area contributed by atoms with E-state index >= 15 is 0 Å². The molecule has 154 valence electrons. The molecule has 0 saturated heterocycles. The molecule has 0 unspecified atom stereocenters. The Morgan fingerprint density at radius 3 is 2.39 bits per heavy atom. The molecule has 5 nitrogen and oxygen atoms in total. The third-order valence-corrected chi connectivity index (χ3v) is 5.32. The minimum atomic E-state index is -0.634. The summed E-state index contributed by atoms with van der Waals surface area (Å²) in [7, 11) is 0. The first-order valence-corrected chi connectivity index (χ1v) is 9.90. The highest BCUT2D eigenvalue weighted by Gasteiger charge is 2.33. The van der Waals surface area contributed by atoms with Crippen LogP contribution in [-0.2, 0) is 19.1 Å². The Hall–Kier alpha value is -2.24. The topological polar surface area (TPSA) is 69.7 Å². The predicted octanol–water partition coefficient (Wildman–Crippen LogP) is 4.34. The second kappa shape index (κ2) is 10.3. The zero-order chi connectivity index (χ0) is 20.7. The van der Waals surface area contributed by atoms with E-state index in [1.165, 1.54) is 24.3 Å². The van der Waals surface area contributed by atoms with E-state index in [1.54, 1.807) is 0 Å². The summed E-state index contributed by atoms with van der Waals surface area (Å²) < 4.78 is 23.4. The molecule has 0 heterocycles. The Balaban J connectivity index is 1.73. The average Bonchev–Trinajstić information content (AvgIpc) is 2.64. The lowest BCUT2D eigenvalue weighted by Crippen LogP contribution is -2.36. The van der Waals surface area contributed by atoms with Crippen LogP contribution in [0.5, 0.6) is 0 Å². The number of carbonyl (C=O) groups excluding carboxylic acids is 3. The van der Waals surface area contributed by atoms with E-state index in [0.29, 0.717) is 23.3 Å². The summed E-state index contributed by atoms with van der Waals surface area (Å²) >= 11 is 0. The minimum Gasteiger partial charge on any atom is -0.460 e. The molecule has 0 aromatic heterocycles. The number of ketones is 1. The third kappa shape index (κ3) is 6.73. The van der Waals surface area contributed by atoms with E-state index < -0.39 is 24.4 Å². The SMILES string of the molecule is CC(C)[C@H]1CC[C@@H](C)C[C@H]1OC(=O)COC(=O)CCC(=O)c1ccc(F)cc1. The maximum Gasteiger partial charge on any atom is 0.344 e. The number of benzene rings is 1. The van der Waals surface area contributed by atoms with Crippen LogP contribution in [0.4, 0.5) is 4.39 Å². The van der Waals surface area contributed by atoms with Crippen LogP contribution >= 0.6 is 0 Å². The molecule has 1 aromatic carbocycles. The van der Waals surface area contributed by atoms with Gasteiger partial charge in [0.25, 0.3) is 0 Å². The van der Waals surface area contributed by atoms with Crippen molar-refractivity contribution < 1.29 is 28.2 Å². The second-order valence-corrected chi connectivity index (χ2v) is 7.95. The first kappa shape index (κ1) is 22.1. The van der Waals surface area contributed by atoms with Crippen LogP contribution in [0.3, 0.4) is 0 Å². The average molecular weight is 392 g/mol. The van der Waals surface area contributed by atoms with Crippen molar-refractivity contribution >= 4 is 17.7 Å². The van der Waals surface area contributed by atoms with Crippen molar-refractivity contribution in [3.05, 3.63) is 35.6 Å². The van der Waals surface area contributed by atoms with Crippen LogP contribution in [0, 0.1) is 23.6 Å². The van der Waals surface area contributed by atoms with Gasteiger partial charge in [-0.05, 0) is 54.9 Å². The number of halogens is 1. The van der Waals surface area contributed by atoms with E-state index in [1.807, 2.05) is 0 Å². The van der Waals surface area contributed by atoms with Crippen LogP contribution < -0.4 is 0 Å². The molecular formula is C22H29FO5. The standard InChI is InChI=1S/C22H29FO5/c1-14(2)18-9-4-15(3)12-20(18)28-22(26)13-27-21(25)11-10-19(24)16-5-7-17(23)8-6-16/h5-8,14-15,18,20H,4,9-13H2,1-3H3/t15-,18-,20-/m1/s1. The summed E-state index contributed by atoms with van der Waals surface area (Å²) in [6, 6.07) is 5.13. The Morgan fingerprint density at radius 1 is 1.07 bits per heavy atom. The Bertz CT molecular complexity index is 683. The van der Waals surface area contributed by atoms with Gasteiger partial charge in [-0.3, -0.25) is 9.59 Å². The van der Waals surface area contributed by atoms with Crippen molar-refractivity contribution in [2.45, 2.75) is 59.0 Å². The summed E-state index contributed by atoms with van der Waals surface area (Å²) in [4.78, 5) is 35.9. The normalized spacial score (nSPS) is 22.0. The second-order valence-electron chi connectivity index (χ2n) is 7.95. The lowest BCUT2D eigenvalue weighted by atomic mass is 9.75. The molecule has 1 aromatic rings. The number of rotatable bonds is 8. The van der Waals surface area contributed by atoms with Crippen molar-refractivity contribution in [3.8, 4) is 0 Å². The Labute approximate surface area is 165 Å². The molecule has 0 bridgehead atoms. The van der Waals surface area contributed by atoms with Gasteiger partial charge in [-0.2, -0.15) is 0 Å². The molecule has 0 amide bonds. The molecule has 1 aliphatic carbocycles. The summed E-state index contributed by atoms with van der Waals surface area (Å²) in [5, 5.41) is 0. The lowest BCUT2D eigenvalue weighted by Gasteiger charge is -2.36. The van der Waals surface area contributed by atoms with Crippen molar-refractivity contribution in [1.82, 2.24) is 0 Å². The zero-order valence-electron chi connectivity index (χ0n) is 16.8. The van der Waals surface area contributed by atoms with Gasteiger partial charge in [0.1, 0.15) is 11.9 Å². The molecule has 3 atom stereocenters. The lowest BCUT2D eigenvalue weighted by molar-refractivity contribution is -0.167. The monoisotopic (exact) mass is 392 g/mol. The first-order valence-electron chi connectivity index (χ1n) is 9.90. The van der Waals surface area contributed by atoms with Crippen LogP contribution in [0.1, 0.15) is 63.2 Å². The van der Waals surface area contributed by atoms with Gasteiger partial charge in [-0.1, -0.05) is 27.2 Å². The van der Waals surface area contributed by atoms with E-state index in [2.05, 4.69) is 20.8 Å². The van der Waals surface area contributed by atoms with E-state index in [-0.39, 0.29) is 24.7 Å². The Morgan fingerprint density at radius 2 is 1.75 bits per heavy atom. The molecule has 0 N–H and O–H groups in total. The summed E-state index contributed by atoms with van der Waals surface area (Å²) in [6.45, 7) is 5.95. The van der Waals surface area contributed by atoms with Gasteiger partial charge in [-0.25, -0.2) is 9.18 Å². The molecule has 1 saturated carbocycles. The number of esters is 2. The van der Waals surface area contributed by atoms with Crippen molar-refractivity contribution in [2.24, 2.45) is 17.8 Å². The minimum absolute atomic E-state index is 0.0604. The highest BCUT2D eigenvalue weighted by Crippen LogP contribution is 2.35. The predicted molar refractivity (Wildman–Crippen MR) is 102 cm³/mol. The van der Waals surface area contributed by atoms with E-state index in [0.717, 1.165) is 19.3 Å². The zero-order valence-corrected chi connectivity index (χ0v) is 16.8. The fraction of sp³-hybridized carbons (Fsp3) is 0.591. The number of ether oxygens (including phenoxy) is 2. The van der Waals surface area contributed by atoms with Crippen LogP contribution in [-0.4, -0.2) is 30.4 Å². The molecular weight excluding hydrogens is 363 g/mol. The third-order valence-electron chi connectivity index (χ3n) is 5.32. The quantitative estimate of drug-likeness (QED) is 0.486. The van der Waals surface area contributed by atoms with E-state index in [9.17, 15) is 18.8 Å². The summed E-state index contributed by atoms with van der Waals surface area (Å²) in [5.41, 5.74) is 0.333. The number of hydrogen-bond acceptors (Lipinski definition) is 5. The molecule has 28 heavy (non-hydrogen) atoms. The van der Waals surface area contributed by atoms with E-state index in [4.69, 9.17) is 9.47 Å².